The highest BCUT2D eigenvalue weighted by molar-refractivity contribution is 6.08. The summed E-state index contributed by atoms with van der Waals surface area (Å²) >= 11 is 0. The van der Waals surface area contributed by atoms with Crippen LogP contribution < -0.4 is 10.6 Å². The van der Waals surface area contributed by atoms with Gasteiger partial charge in [0, 0.05) is 6.04 Å². The van der Waals surface area contributed by atoms with Gasteiger partial charge >= 0.3 is 12.0 Å². The molecule has 0 radical (unpaired) electrons. The van der Waals surface area contributed by atoms with Crippen LogP contribution in [0, 0.1) is 0 Å². The van der Waals surface area contributed by atoms with Gasteiger partial charge in [-0.2, -0.15) is 0 Å². The van der Waals surface area contributed by atoms with E-state index in [4.69, 9.17) is 4.74 Å². The van der Waals surface area contributed by atoms with E-state index < -0.39 is 36.6 Å². The van der Waals surface area contributed by atoms with E-state index in [0.717, 1.165) is 24.2 Å². The fourth-order valence-electron chi connectivity index (χ4n) is 2.88. The van der Waals surface area contributed by atoms with E-state index >= 15 is 0 Å². The Bertz CT molecular complexity index is 513. The lowest BCUT2D eigenvalue weighted by molar-refractivity contribution is -0.151. The van der Waals surface area contributed by atoms with Gasteiger partial charge in [-0.25, -0.2) is 4.79 Å². The molecular formula is C15H23N3O5. The van der Waals surface area contributed by atoms with Gasteiger partial charge in [-0.1, -0.05) is 19.8 Å². The first-order valence-corrected chi connectivity index (χ1v) is 7.97. The van der Waals surface area contributed by atoms with Crippen molar-refractivity contribution < 1.29 is 23.9 Å². The minimum atomic E-state index is -0.842. The Hall–Kier alpha value is -2.12. The maximum absolute atomic E-state index is 12.4. The van der Waals surface area contributed by atoms with Crippen molar-refractivity contribution >= 4 is 23.8 Å². The normalized spacial score (nSPS) is 20.5. The van der Waals surface area contributed by atoms with Crippen LogP contribution in [0.3, 0.4) is 0 Å². The van der Waals surface area contributed by atoms with Gasteiger partial charge in [0.15, 0.2) is 6.61 Å². The minimum absolute atomic E-state index is 0.00522. The smallest absolute Gasteiger partial charge is 0.326 e. The second kappa shape index (κ2) is 6.97. The topological polar surface area (TPSA) is 105 Å². The van der Waals surface area contributed by atoms with Gasteiger partial charge in [-0.3, -0.25) is 19.3 Å². The molecule has 128 valence electrons. The number of hydrogen-bond acceptors (Lipinski definition) is 5. The van der Waals surface area contributed by atoms with Crippen molar-refractivity contribution in [2.24, 2.45) is 0 Å². The van der Waals surface area contributed by atoms with E-state index in [1.54, 1.807) is 0 Å². The maximum Gasteiger partial charge on any atom is 0.326 e. The zero-order chi connectivity index (χ0) is 17.0. The summed E-state index contributed by atoms with van der Waals surface area (Å²) in [6.07, 6.45) is 3.71. The highest BCUT2D eigenvalue weighted by Gasteiger charge is 2.52. The molecule has 2 N–H and O–H groups in total. The number of nitrogens with zero attached hydrogens (tertiary/aromatic N) is 1. The molecule has 1 atom stereocenters. The number of rotatable bonds is 6. The standard InChI is InChI=1S/C15H23N3O5/c1-3-10(2)16-11(19)9-23-12(20)8-18-13(21)15(17-14(18)22)6-4-5-7-15/h10H,3-9H2,1-2H3,(H,16,19)(H,17,22)/t10-/m0/s1. The third kappa shape index (κ3) is 3.80. The Balaban J connectivity index is 1.82. The van der Waals surface area contributed by atoms with Crippen molar-refractivity contribution in [2.75, 3.05) is 13.2 Å². The number of carbonyl (C=O) groups excluding carboxylic acids is 4. The highest BCUT2D eigenvalue weighted by Crippen LogP contribution is 2.34. The van der Waals surface area contributed by atoms with Crippen LogP contribution in [0.5, 0.6) is 0 Å². The summed E-state index contributed by atoms with van der Waals surface area (Å²) in [4.78, 5) is 48.5. The van der Waals surface area contributed by atoms with Crippen LogP contribution in [0.25, 0.3) is 0 Å². The van der Waals surface area contributed by atoms with Gasteiger partial charge < -0.3 is 15.4 Å². The Morgan fingerprint density at radius 2 is 2.00 bits per heavy atom. The molecule has 0 aromatic carbocycles. The van der Waals surface area contributed by atoms with Crippen LogP contribution in [-0.4, -0.2) is 53.4 Å². The summed E-state index contributed by atoms with van der Waals surface area (Å²) in [7, 11) is 0. The summed E-state index contributed by atoms with van der Waals surface area (Å²) < 4.78 is 4.83. The van der Waals surface area contributed by atoms with Gasteiger partial charge in [0.2, 0.25) is 0 Å². The van der Waals surface area contributed by atoms with Crippen LogP contribution in [0.2, 0.25) is 0 Å². The summed E-state index contributed by atoms with van der Waals surface area (Å²) in [5.74, 6) is -1.55. The number of nitrogens with one attached hydrogen (secondary N) is 2. The molecule has 2 rings (SSSR count). The number of amides is 4. The van der Waals surface area contributed by atoms with E-state index in [-0.39, 0.29) is 11.9 Å². The lowest BCUT2D eigenvalue weighted by Crippen LogP contribution is -2.44. The predicted molar refractivity (Wildman–Crippen MR) is 80.3 cm³/mol. The Morgan fingerprint density at radius 1 is 1.35 bits per heavy atom. The molecule has 1 saturated heterocycles. The number of hydrogen-bond donors (Lipinski definition) is 2. The molecule has 0 bridgehead atoms. The van der Waals surface area contributed by atoms with Crippen molar-refractivity contribution in [3.63, 3.8) is 0 Å². The van der Waals surface area contributed by atoms with Crippen LogP contribution in [0.15, 0.2) is 0 Å². The number of carbonyl (C=O) groups is 4. The van der Waals surface area contributed by atoms with Gasteiger partial charge in [0.25, 0.3) is 11.8 Å². The first-order valence-electron chi connectivity index (χ1n) is 7.97. The quantitative estimate of drug-likeness (QED) is 0.540. The van der Waals surface area contributed by atoms with E-state index in [1.165, 1.54) is 0 Å². The van der Waals surface area contributed by atoms with Crippen LogP contribution >= 0.6 is 0 Å². The molecular weight excluding hydrogens is 302 g/mol. The summed E-state index contributed by atoms with van der Waals surface area (Å²) in [6.45, 7) is 2.88. The van der Waals surface area contributed by atoms with Crippen molar-refractivity contribution in [1.82, 2.24) is 15.5 Å². The average molecular weight is 325 g/mol. The summed E-state index contributed by atoms with van der Waals surface area (Å²) in [6, 6.07) is -0.577. The molecule has 0 aromatic heterocycles. The monoisotopic (exact) mass is 325 g/mol. The van der Waals surface area contributed by atoms with Crippen molar-refractivity contribution in [2.45, 2.75) is 57.5 Å². The van der Waals surface area contributed by atoms with E-state index in [9.17, 15) is 19.2 Å². The zero-order valence-electron chi connectivity index (χ0n) is 13.5. The second-order valence-electron chi connectivity index (χ2n) is 6.15. The number of esters is 1. The van der Waals surface area contributed by atoms with Gasteiger partial charge in [0.05, 0.1) is 0 Å². The molecule has 1 spiro atoms. The molecule has 0 unspecified atom stereocenters. The lowest BCUT2D eigenvalue weighted by atomic mass is 9.98. The SMILES string of the molecule is CC[C@H](C)NC(=O)COC(=O)CN1C(=O)NC2(CCCC2)C1=O. The molecule has 23 heavy (non-hydrogen) atoms. The van der Waals surface area contributed by atoms with Gasteiger partial charge in [0.1, 0.15) is 12.1 Å². The molecule has 8 nitrogen and oxygen atoms in total. The third-order valence-corrected chi connectivity index (χ3v) is 4.37. The summed E-state index contributed by atoms with van der Waals surface area (Å²) in [5, 5.41) is 5.34. The van der Waals surface area contributed by atoms with Crippen LogP contribution in [-0.2, 0) is 19.1 Å². The molecule has 8 heteroatoms. The lowest BCUT2D eigenvalue weighted by Gasteiger charge is -2.19. The molecule has 2 fully saturated rings. The number of imide groups is 1. The second-order valence-corrected chi connectivity index (χ2v) is 6.15. The molecule has 4 amide bonds. The molecule has 1 aliphatic carbocycles. The van der Waals surface area contributed by atoms with E-state index in [2.05, 4.69) is 10.6 Å². The fourth-order valence-corrected chi connectivity index (χ4v) is 2.88. The van der Waals surface area contributed by atoms with Gasteiger partial charge in [-0.15, -0.1) is 0 Å². The fraction of sp³-hybridized carbons (Fsp3) is 0.733. The van der Waals surface area contributed by atoms with E-state index in [0.29, 0.717) is 12.8 Å². The molecule has 1 saturated carbocycles. The molecule has 1 aliphatic heterocycles. The molecule has 2 aliphatic rings. The van der Waals surface area contributed by atoms with Crippen molar-refractivity contribution in [3.8, 4) is 0 Å². The van der Waals surface area contributed by atoms with Crippen molar-refractivity contribution in [1.29, 1.82) is 0 Å². The predicted octanol–water partition coefficient (Wildman–Crippen LogP) is 0.309. The number of ether oxygens (including phenoxy) is 1. The molecule has 1 heterocycles. The van der Waals surface area contributed by atoms with Gasteiger partial charge in [-0.05, 0) is 26.2 Å². The first kappa shape index (κ1) is 17.2. The maximum atomic E-state index is 12.4. The Morgan fingerprint density at radius 3 is 2.61 bits per heavy atom. The highest BCUT2D eigenvalue weighted by atomic mass is 16.5. The van der Waals surface area contributed by atoms with Crippen molar-refractivity contribution in [3.05, 3.63) is 0 Å². The largest absolute Gasteiger partial charge is 0.454 e. The first-order chi connectivity index (χ1) is 10.9. The average Bonchev–Trinajstić information content (AvgIpc) is 3.06. The third-order valence-electron chi connectivity index (χ3n) is 4.37. The van der Waals surface area contributed by atoms with Crippen LogP contribution in [0.4, 0.5) is 4.79 Å². The number of urea groups is 1. The summed E-state index contributed by atoms with van der Waals surface area (Å²) in [5.41, 5.74) is -0.842. The molecule has 0 aromatic rings. The Labute approximate surface area is 134 Å². The minimum Gasteiger partial charge on any atom is -0.454 e. The van der Waals surface area contributed by atoms with E-state index in [1.807, 2.05) is 13.8 Å². The zero-order valence-corrected chi connectivity index (χ0v) is 13.5. The van der Waals surface area contributed by atoms with Crippen LogP contribution in [0.1, 0.15) is 46.0 Å². The Kier molecular flexibility index (Phi) is 5.23.